The van der Waals surface area contributed by atoms with Gasteiger partial charge in [-0.2, -0.15) is 0 Å². The molecule has 0 aliphatic carbocycles. The number of hydrogen-bond donors (Lipinski definition) is 2. The molecule has 0 saturated heterocycles. The van der Waals surface area contributed by atoms with E-state index >= 15 is 0 Å². The van der Waals surface area contributed by atoms with Crippen LogP contribution in [0.15, 0.2) is 41.1 Å². The number of nitrogens with zero attached hydrogens (tertiary/aromatic N) is 1. The SMILES string of the molecule is Cc1cccc2cc(C(N)c3ncc[nH]3)oc12. The van der Waals surface area contributed by atoms with Crippen molar-refractivity contribution in [3.05, 3.63) is 53.8 Å². The van der Waals surface area contributed by atoms with Gasteiger partial charge >= 0.3 is 0 Å². The highest BCUT2D eigenvalue weighted by molar-refractivity contribution is 5.81. The van der Waals surface area contributed by atoms with Crippen molar-refractivity contribution in [1.82, 2.24) is 9.97 Å². The molecule has 3 aromatic rings. The molecule has 17 heavy (non-hydrogen) atoms. The third-order valence-electron chi connectivity index (χ3n) is 2.88. The monoisotopic (exact) mass is 227 g/mol. The Labute approximate surface area is 98.5 Å². The number of rotatable bonds is 2. The largest absolute Gasteiger partial charge is 0.459 e. The summed E-state index contributed by atoms with van der Waals surface area (Å²) in [4.78, 5) is 7.14. The summed E-state index contributed by atoms with van der Waals surface area (Å²) in [5, 5.41) is 1.07. The second-order valence-electron chi connectivity index (χ2n) is 4.09. The van der Waals surface area contributed by atoms with Crippen LogP contribution in [0.25, 0.3) is 11.0 Å². The van der Waals surface area contributed by atoms with Crippen molar-refractivity contribution < 1.29 is 4.42 Å². The van der Waals surface area contributed by atoms with E-state index in [-0.39, 0.29) is 6.04 Å². The normalized spacial score (nSPS) is 13.1. The molecule has 86 valence electrons. The van der Waals surface area contributed by atoms with Gasteiger partial charge in [0.05, 0.1) is 0 Å². The van der Waals surface area contributed by atoms with Crippen molar-refractivity contribution in [3.8, 4) is 0 Å². The van der Waals surface area contributed by atoms with Gasteiger partial charge < -0.3 is 15.1 Å². The van der Waals surface area contributed by atoms with Gasteiger partial charge in [0.15, 0.2) is 0 Å². The van der Waals surface area contributed by atoms with Crippen LogP contribution in [0.2, 0.25) is 0 Å². The van der Waals surface area contributed by atoms with E-state index in [1.807, 2.05) is 31.2 Å². The second kappa shape index (κ2) is 3.75. The zero-order valence-corrected chi connectivity index (χ0v) is 9.47. The lowest BCUT2D eigenvalue weighted by molar-refractivity contribution is 0.515. The van der Waals surface area contributed by atoms with Crippen LogP contribution in [0.1, 0.15) is 23.2 Å². The molecule has 2 heterocycles. The zero-order chi connectivity index (χ0) is 11.8. The first-order valence-electron chi connectivity index (χ1n) is 5.49. The summed E-state index contributed by atoms with van der Waals surface area (Å²) in [7, 11) is 0. The van der Waals surface area contributed by atoms with Gasteiger partial charge in [-0.15, -0.1) is 0 Å². The molecule has 0 fully saturated rings. The number of aromatic amines is 1. The molecule has 0 aliphatic rings. The van der Waals surface area contributed by atoms with E-state index in [4.69, 9.17) is 10.2 Å². The topological polar surface area (TPSA) is 67.8 Å². The van der Waals surface area contributed by atoms with Crippen molar-refractivity contribution in [1.29, 1.82) is 0 Å². The molecule has 0 bridgehead atoms. The number of furan rings is 1. The summed E-state index contributed by atoms with van der Waals surface area (Å²) in [5.41, 5.74) is 8.09. The van der Waals surface area contributed by atoms with Crippen LogP contribution >= 0.6 is 0 Å². The molecular formula is C13H13N3O. The highest BCUT2D eigenvalue weighted by atomic mass is 16.3. The number of imidazole rings is 1. The van der Waals surface area contributed by atoms with E-state index in [9.17, 15) is 0 Å². The number of hydrogen-bond acceptors (Lipinski definition) is 3. The maximum Gasteiger partial charge on any atom is 0.137 e. The van der Waals surface area contributed by atoms with Gasteiger partial charge in [-0.25, -0.2) is 4.98 Å². The van der Waals surface area contributed by atoms with Crippen LogP contribution in [0.5, 0.6) is 0 Å². The first-order chi connectivity index (χ1) is 8.25. The third kappa shape index (κ3) is 1.62. The average Bonchev–Trinajstić information content (AvgIpc) is 2.98. The Morgan fingerprint density at radius 3 is 3.00 bits per heavy atom. The molecule has 1 atom stereocenters. The van der Waals surface area contributed by atoms with Crippen molar-refractivity contribution in [2.75, 3.05) is 0 Å². The van der Waals surface area contributed by atoms with Crippen LogP contribution < -0.4 is 5.73 Å². The molecule has 0 amide bonds. The highest BCUT2D eigenvalue weighted by Crippen LogP contribution is 2.27. The Balaban J connectivity index is 2.10. The number of nitrogens with one attached hydrogen (secondary N) is 1. The van der Waals surface area contributed by atoms with Gasteiger partial charge in [0, 0.05) is 17.8 Å². The third-order valence-corrected chi connectivity index (χ3v) is 2.88. The Kier molecular flexibility index (Phi) is 2.23. The van der Waals surface area contributed by atoms with Crippen LogP contribution in [-0.4, -0.2) is 9.97 Å². The summed E-state index contributed by atoms with van der Waals surface area (Å²) >= 11 is 0. The van der Waals surface area contributed by atoms with Gasteiger partial charge in [-0.3, -0.25) is 0 Å². The minimum atomic E-state index is -0.350. The van der Waals surface area contributed by atoms with Gasteiger partial charge in [-0.1, -0.05) is 18.2 Å². The number of para-hydroxylation sites is 1. The standard InChI is InChI=1S/C13H13N3O/c1-8-3-2-4-9-7-10(17-12(8)9)11(14)13-15-5-6-16-13/h2-7,11H,14H2,1H3,(H,15,16). The minimum Gasteiger partial charge on any atom is -0.459 e. The Morgan fingerprint density at radius 2 is 2.29 bits per heavy atom. The van der Waals surface area contributed by atoms with Gasteiger partial charge in [0.25, 0.3) is 0 Å². The minimum absolute atomic E-state index is 0.350. The van der Waals surface area contributed by atoms with E-state index in [0.29, 0.717) is 5.82 Å². The molecule has 0 spiro atoms. The number of H-pyrrole nitrogens is 1. The Morgan fingerprint density at radius 1 is 1.41 bits per heavy atom. The lowest BCUT2D eigenvalue weighted by atomic mass is 10.1. The average molecular weight is 227 g/mol. The summed E-state index contributed by atoms with van der Waals surface area (Å²) in [5.74, 6) is 1.44. The number of aromatic nitrogens is 2. The number of fused-ring (bicyclic) bond motifs is 1. The maximum absolute atomic E-state index is 6.09. The Bertz CT molecular complexity index is 640. The van der Waals surface area contributed by atoms with E-state index in [1.165, 1.54) is 0 Å². The second-order valence-corrected chi connectivity index (χ2v) is 4.09. The van der Waals surface area contributed by atoms with Crippen LogP contribution in [0.4, 0.5) is 0 Å². The molecular weight excluding hydrogens is 214 g/mol. The smallest absolute Gasteiger partial charge is 0.137 e. The lowest BCUT2D eigenvalue weighted by Gasteiger charge is -2.03. The van der Waals surface area contributed by atoms with E-state index < -0.39 is 0 Å². The summed E-state index contributed by atoms with van der Waals surface area (Å²) < 4.78 is 5.80. The fourth-order valence-corrected chi connectivity index (χ4v) is 1.96. The van der Waals surface area contributed by atoms with Crippen LogP contribution in [-0.2, 0) is 0 Å². The van der Waals surface area contributed by atoms with Gasteiger partial charge in [-0.05, 0) is 18.6 Å². The molecule has 0 radical (unpaired) electrons. The molecule has 1 unspecified atom stereocenters. The lowest BCUT2D eigenvalue weighted by Crippen LogP contribution is -2.12. The van der Waals surface area contributed by atoms with Gasteiger partial charge in [0.1, 0.15) is 23.2 Å². The Hall–Kier alpha value is -2.07. The molecule has 0 aliphatic heterocycles. The van der Waals surface area contributed by atoms with E-state index in [0.717, 1.165) is 22.3 Å². The van der Waals surface area contributed by atoms with Crippen molar-refractivity contribution in [2.45, 2.75) is 13.0 Å². The predicted octanol–water partition coefficient (Wildman–Crippen LogP) is 2.51. The summed E-state index contributed by atoms with van der Waals surface area (Å²) in [6, 6.07) is 7.67. The zero-order valence-electron chi connectivity index (χ0n) is 9.47. The fourth-order valence-electron chi connectivity index (χ4n) is 1.96. The highest BCUT2D eigenvalue weighted by Gasteiger charge is 2.16. The number of benzene rings is 1. The first kappa shape index (κ1) is 10.1. The summed E-state index contributed by atoms with van der Waals surface area (Å²) in [6.45, 7) is 2.02. The molecule has 2 aromatic heterocycles. The van der Waals surface area contributed by atoms with E-state index in [2.05, 4.69) is 9.97 Å². The number of nitrogens with two attached hydrogens (primary N) is 1. The van der Waals surface area contributed by atoms with Crippen molar-refractivity contribution in [2.24, 2.45) is 5.73 Å². The quantitative estimate of drug-likeness (QED) is 0.706. The molecule has 3 rings (SSSR count). The van der Waals surface area contributed by atoms with E-state index in [1.54, 1.807) is 12.4 Å². The maximum atomic E-state index is 6.09. The predicted molar refractivity (Wildman–Crippen MR) is 65.6 cm³/mol. The summed E-state index contributed by atoms with van der Waals surface area (Å²) in [6.07, 6.45) is 3.44. The molecule has 4 nitrogen and oxygen atoms in total. The van der Waals surface area contributed by atoms with Gasteiger partial charge in [0.2, 0.25) is 0 Å². The fraction of sp³-hybridized carbons (Fsp3) is 0.154. The van der Waals surface area contributed by atoms with Crippen LogP contribution in [0.3, 0.4) is 0 Å². The molecule has 3 N–H and O–H groups in total. The number of aryl methyl sites for hydroxylation is 1. The van der Waals surface area contributed by atoms with Crippen LogP contribution in [0, 0.1) is 6.92 Å². The van der Waals surface area contributed by atoms with Crippen molar-refractivity contribution in [3.63, 3.8) is 0 Å². The molecule has 0 saturated carbocycles. The first-order valence-corrected chi connectivity index (χ1v) is 5.49. The molecule has 4 heteroatoms. The van der Waals surface area contributed by atoms with Crippen molar-refractivity contribution >= 4 is 11.0 Å². The molecule has 1 aromatic carbocycles.